The van der Waals surface area contributed by atoms with Crippen molar-refractivity contribution >= 4 is 39.1 Å². The Labute approximate surface area is 193 Å². The van der Waals surface area contributed by atoms with Gasteiger partial charge in [-0.3, -0.25) is 14.3 Å². The number of hydrogen-bond donors (Lipinski definition) is 1. The number of halogens is 1. The van der Waals surface area contributed by atoms with E-state index in [-0.39, 0.29) is 28.2 Å². The largest absolute Gasteiger partial charge is 0.469 e. The first kappa shape index (κ1) is 24.3. The Morgan fingerprint density at radius 3 is 2.62 bits per heavy atom. The van der Waals surface area contributed by atoms with Crippen LogP contribution in [0.1, 0.15) is 50.0 Å². The molecule has 32 heavy (non-hydrogen) atoms. The molecule has 0 aliphatic heterocycles. The topological polar surface area (TPSA) is 107 Å². The van der Waals surface area contributed by atoms with E-state index in [0.29, 0.717) is 30.3 Å². The van der Waals surface area contributed by atoms with Gasteiger partial charge in [-0.05, 0) is 30.0 Å². The van der Waals surface area contributed by atoms with Gasteiger partial charge in [0.05, 0.1) is 35.9 Å². The third kappa shape index (κ3) is 6.32. The van der Waals surface area contributed by atoms with Gasteiger partial charge in [0.15, 0.2) is 15.7 Å². The molecule has 1 heterocycles. The highest BCUT2D eigenvalue weighted by atomic mass is 35.5. The van der Waals surface area contributed by atoms with Crippen molar-refractivity contribution < 1.29 is 22.7 Å². The zero-order valence-electron chi connectivity index (χ0n) is 18.2. The minimum absolute atomic E-state index is 0.0484. The zero-order chi connectivity index (χ0) is 23.3. The van der Waals surface area contributed by atoms with Gasteiger partial charge in [-0.2, -0.15) is 5.10 Å². The van der Waals surface area contributed by atoms with Crippen molar-refractivity contribution in [2.45, 2.75) is 55.9 Å². The van der Waals surface area contributed by atoms with Gasteiger partial charge in [-0.1, -0.05) is 43.4 Å². The molecular weight excluding hydrogens is 454 g/mol. The quantitative estimate of drug-likeness (QED) is 0.546. The van der Waals surface area contributed by atoms with Crippen LogP contribution in [0.5, 0.6) is 0 Å². The predicted molar refractivity (Wildman–Crippen MR) is 121 cm³/mol. The number of carbonyl (C=O) groups is 2. The van der Waals surface area contributed by atoms with Crippen LogP contribution in [-0.2, 0) is 30.7 Å². The molecule has 3 rings (SSSR count). The number of rotatable bonds is 9. The second kappa shape index (κ2) is 10.5. The summed E-state index contributed by atoms with van der Waals surface area (Å²) >= 11 is 6.25. The molecule has 1 N–H and O–H groups in total. The van der Waals surface area contributed by atoms with E-state index >= 15 is 0 Å². The van der Waals surface area contributed by atoms with Crippen LogP contribution in [0.15, 0.2) is 35.4 Å². The molecule has 0 radical (unpaired) electrons. The fourth-order valence-electron chi connectivity index (χ4n) is 4.08. The Morgan fingerprint density at radius 1 is 1.28 bits per heavy atom. The molecule has 1 aliphatic carbocycles. The Morgan fingerprint density at radius 2 is 2.00 bits per heavy atom. The van der Waals surface area contributed by atoms with Crippen molar-refractivity contribution in [1.82, 2.24) is 9.78 Å². The van der Waals surface area contributed by atoms with Gasteiger partial charge in [0.25, 0.3) is 0 Å². The van der Waals surface area contributed by atoms with Gasteiger partial charge in [-0.15, -0.1) is 0 Å². The lowest BCUT2D eigenvalue weighted by Gasteiger charge is -2.21. The molecule has 1 amide bonds. The highest BCUT2D eigenvalue weighted by Gasteiger charge is 2.28. The predicted octanol–water partition coefficient (Wildman–Crippen LogP) is 3.81. The number of esters is 1. The van der Waals surface area contributed by atoms with E-state index in [1.807, 2.05) is 0 Å². The van der Waals surface area contributed by atoms with E-state index in [9.17, 15) is 18.0 Å². The number of amides is 1. The smallest absolute Gasteiger partial charge is 0.307 e. The SMILES string of the molecule is COC(=O)CCn1ccc(NC(=O)[C@H](CC2CCCC2)c2ccc(S(C)(=O)=O)c(Cl)c2)n1. The van der Waals surface area contributed by atoms with E-state index < -0.39 is 15.8 Å². The third-order valence-corrected chi connectivity index (χ3v) is 7.36. The van der Waals surface area contributed by atoms with Crippen LogP contribution in [0.2, 0.25) is 5.02 Å². The maximum absolute atomic E-state index is 13.2. The van der Waals surface area contributed by atoms with Crippen LogP contribution in [0.3, 0.4) is 0 Å². The number of aryl methyl sites for hydroxylation is 1. The lowest BCUT2D eigenvalue weighted by Crippen LogP contribution is -2.23. The van der Waals surface area contributed by atoms with E-state index in [1.165, 1.54) is 13.2 Å². The first-order chi connectivity index (χ1) is 15.2. The van der Waals surface area contributed by atoms with E-state index in [4.69, 9.17) is 11.6 Å². The van der Waals surface area contributed by atoms with Crippen LogP contribution in [0.4, 0.5) is 5.82 Å². The molecule has 0 spiro atoms. The molecule has 1 aromatic carbocycles. The molecule has 10 heteroatoms. The van der Waals surface area contributed by atoms with Crippen molar-refractivity contribution in [1.29, 1.82) is 0 Å². The Bertz CT molecular complexity index is 1080. The molecule has 1 aromatic heterocycles. The highest BCUT2D eigenvalue weighted by molar-refractivity contribution is 7.90. The number of nitrogens with zero attached hydrogens (tertiary/aromatic N) is 2. The lowest BCUT2D eigenvalue weighted by molar-refractivity contribution is -0.140. The molecule has 1 saturated carbocycles. The third-order valence-electron chi connectivity index (χ3n) is 5.78. The second-order valence-corrected chi connectivity index (χ2v) is 10.6. The first-order valence-electron chi connectivity index (χ1n) is 10.6. The van der Waals surface area contributed by atoms with Crippen molar-refractivity contribution in [3.63, 3.8) is 0 Å². The minimum Gasteiger partial charge on any atom is -0.469 e. The summed E-state index contributed by atoms with van der Waals surface area (Å²) in [4.78, 5) is 24.6. The molecule has 2 aromatic rings. The molecule has 8 nitrogen and oxygen atoms in total. The van der Waals surface area contributed by atoms with Crippen LogP contribution < -0.4 is 5.32 Å². The van der Waals surface area contributed by atoms with Crippen molar-refractivity contribution in [3.8, 4) is 0 Å². The molecule has 0 bridgehead atoms. The lowest BCUT2D eigenvalue weighted by atomic mass is 9.87. The van der Waals surface area contributed by atoms with Crippen molar-refractivity contribution in [2.75, 3.05) is 18.7 Å². The first-order valence-corrected chi connectivity index (χ1v) is 12.8. The Balaban J connectivity index is 1.78. The van der Waals surface area contributed by atoms with Crippen LogP contribution in [0, 0.1) is 5.92 Å². The maximum Gasteiger partial charge on any atom is 0.307 e. The molecule has 174 valence electrons. The maximum atomic E-state index is 13.2. The van der Waals surface area contributed by atoms with Crippen molar-refractivity contribution in [3.05, 3.63) is 41.0 Å². The summed E-state index contributed by atoms with van der Waals surface area (Å²) in [6, 6.07) is 6.37. The number of aromatic nitrogens is 2. The molecule has 0 unspecified atom stereocenters. The van der Waals surface area contributed by atoms with Gasteiger partial charge < -0.3 is 10.1 Å². The molecule has 1 aliphatic rings. The highest BCUT2D eigenvalue weighted by Crippen LogP contribution is 2.36. The van der Waals surface area contributed by atoms with Gasteiger partial charge in [0, 0.05) is 18.5 Å². The number of sulfone groups is 1. The summed E-state index contributed by atoms with van der Waals surface area (Å²) in [5, 5.41) is 7.26. The minimum atomic E-state index is -3.46. The van der Waals surface area contributed by atoms with Crippen LogP contribution in [0.25, 0.3) is 0 Å². The van der Waals surface area contributed by atoms with Crippen LogP contribution >= 0.6 is 11.6 Å². The molecule has 1 atom stereocenters. The molecule has 1 fully saturated rings. The Hall–Kier alpha value is -2.39. The standard InChI is InChI=1S/C22H28ClN3O5S/c1-31-21(27)10-12-26-11-9-20(25-26)24-22(28)17(13-15-5-3-4-6-15)16-7-8-19(18(23)14-16)32(2,29)30/h7-9,11,14-15,17H,3-6,10,12-13H2,1-2H3,(H,24,25,28)/t17-/m1/s1. The number of hydrogen-bond acceptors (Lipinski definition) is 6. The summed E-state index contributed by atoms with van der Waals surface area (Å²) in [6.45, 7) is 0.344. The van der Waals surface area contributed by atoms with Gasteiger partial charge in [0.1, 0.15) is 0 Å². The number of ether oxygens (including phenoxy) is 1. The van der Waals surface area contributed by atoms with Crippen molar-refractivity contribution in [2.24, 2.45) is 5.92 Å². The Kier molecular flexibility index (Phi) is 7.95. The van der Waals surface area contributed by atoms with Gasteiger partial charge in [0.2, 0.25) is 5.91 Å². The number of nitrogens with one attached hydrogen (secondary N) is 1. The zero-order valence-corrected chi connectivity index (χ0v) is 19.8. The average molecular weight is 482 g/mol. The van der Waals surface area contributed by atoms with Gasteiger partial charge in [-0.25, -0.2) is 8.42 Å². The normalized spacial score (nSPS) is 15.5. The van der Waals surface area contributed by atoms with E-state index in [2.05, 4.69) is 15.2 Å². The summed E-state index contributed by atoms with van der Waals surface area (Å²) in [7, 11) is -2.13. The molecular formula is C22H28ClN3O5S. The number of anilines is 1. The monoisotopic (exact) mass is 481 g/mol. The summed E-state index contributed by atoms with van der Waals surface area (Å²) in [5.74, 6) is -0.230. The van der Waals surface area contributed by atoms with E-state index in [1.54, 1.807) is 29.1 Å². The number of carbonyl (C=O) groups excluding carboxylic acids is 2. The fourth-order valence-corrected chi connectivity index (χ4v) is 5.42. The summed E-state index contributed by atoms with van der Waals surface area (Å²) in [6.07, 6.45) is 8.07. The molecule has 0 saturated heterocycles. The van der Waals surface area contributed by atoms with Crippen LogP contribution in [-0.4, -0.2) is 43.4 Å². The fraction of sp³-hybridized carbons (Fsp3) is 0.500. The summed E-state index contributed by atoms with van der Waals surface area (Å²) in [5.41, 5.74) is 0.678. The summed E-state index contributed by atoms with van der Waals surface area (Å²) < 4.78 is 30.0. The van der Waals surface area contributed by atoms with E-state index in [0.717, 1.165) is 31.9 Å². The van der Waals surface area contributed by atoms with Gasteiger partial charge >= 0.3 is 5.97 Å². The number of benzene rings is 1. The average Bonchev–Trinajstić information content (AvgIpc) is 3.41. The second-order valence-electron chi connectivity index (χ2n) is 8.18. The number of methoxy groups -OCH3 is 1.